The van der Waals surface area contributed by atoms with Gasteiger partial charge in [0.2, 0.25) is 0 Å². The van der Waals surface area contributed by atoms with Crippen LogP contribution in [0.15, 0.2) is 35.2 Å². The summed E-state index contributed by atoms with van der Waals surface area (Å²) in [5.41, 5.74) is 2.32. The van der Waals surface area contributed by atoms with Crippen LogP contribution in [-0.2, 0) is 5.41 Å². The minimum absolute atomic E-state index is 0.0201. The third-order valence-corrected chi connectivity index (χ3v) is 6.74. The number of nitrogens with zero attached hydrogens (tertiary/aromatic N) is 4. The molecular formula is C20H22N4O2S. The fraction of sp³-hybridized carbons (Fsp3) is 0.450. The van der Waals surface area contributed by atoms with E-state index in [4.69, 9.17) is 0 Å². The third kappa shape index (κ3) is 2.64. The highest BCUT2D eigenvalue weighted by Crippen LogP contribution is 2.45. The zero-order valence-corrected chi connectivity index (χ0v) is 16.0. The number of carbonyl (C=O) groups excluding carboxylic acids is 2. The van der Waals surface area contributed by atoms with E-state index in [0.717, 1.165) is 55.8 Å². The number of urea groups is 1. The van der Waals surface area contributed by atoms with Crippen LogP contribution in [0, 0.1) is 0 Å². The van der Waals surface area contributed by atoms with E-state index in [1.54, 1.807) is 6.20 Å². The summed E-state index contributed by atoms with van der Waals surface area (Å²) in [7, 11) is 0. The Morgan fingerprint density at radius 2 is 1.93 bits per heavy atom. The van der Waals surface area contributed by atoms with Crippen LogP contribution in [0.25, 0.3) is 0 Å². The number of aromatic nitrogens is 1. The van der Waals surface area contributed by atoms with Crippen molar-refractivity contribution >= 4 is 29.0 Å². The van der Waals surface area contributed by atoms with Crippen LogP contribution >= 0.6 is 11.3 Å². The second-order valence-corrected chi connectivity index (χ2v) is 8.48. The van der Waals surface area contributed by atoms with E-state index >= 15 is 0 Å². The molecule has 3 amide bonds. The third-order valence-electron chi connectivity index (χ3n) is 6.05. The molecule has 5 rings (SSSR count). The molecule has 7 heteroatoms. The zero-order chi connectivity index (χ0) is 18.4. The van der Waals surface area contributed by atoms with Crippen molar-refractivity contribution in [3.8, 4) is 0 Å². The molecule has 3 aliphatic heterocycles. The minimum Gasteiger partial charge on any atom is -0.325 e. The van der Waals surface area contributed by atoms with Gasteiger partial charge in [-0.3, -0.25) is 9.78 Å². The predicted octanol–water partition coefficient (Wildman–Crippen LogP) is 2.96. The predicted molar refractivity (Wildman–Crippen MR) is 104 cm³/mol. The number of amides is 3. The Kier molecular flexibility index (Phi) is 3.93. The monoisotopic (exact) mass is 382 g/mol. The summed E-state index contributed by atoms with van der Waals surface area (Å²) in [6.07, 6.45) is 4.84. The van der Waals surface area contributed by atoms with E-state index in [1.807, 2.05) is 43.7 Å². The molecule has 2 fully saturated rings. The highest BCUT2D eigenvalue weighted by molar-refractivity contribution is 7.08. The second-order valence-electron chi connectivity index (χ2n) is 7.70. The number of fused-ring (bicyclic) bond motifs is 2. The van der Waals surface area contributed by atoms with Crippen molar-refractivity contribution in [1.82, 2.24) is 14.8 Å². The van der Waals surface area contributed by atoms with Crippen molar-refractivity contribution in [2.75, 3.05) is 37.6 Å². The fourth-order valence-corrected chi connectivity index (χ4v) is 5.31. The lowest BCUT2D eigenvalue weighted by molar-refractivity contribution is 0.0985. The van der Waals surface area contributed by atoms with Crippen LogP contribution in [-0.4, -0.2) is 59.4 Å². The molecule has 0 aliphatic carbocycles. The number of thiophene rings is 1. The lowest BCUT2D eigenvalue weighted by Gasteiger charge is -2.27. The summed E-state index contributed by atoms with van der Waals surface area (Å²) in [6, 6.07) is 5.87. The Morgan fingerprint density at radius 3 is 2.70 bits per heavy atom. The molecule has 5 heterocycles. The van der Waals surface area contributed by atoms with Crippen LogP contribution in [0.5, 0.6) is 0 Å². The first-order chi connectivity index (χ1) is 13.2. The molecule has 0 saturated carbocycles. The summed E-state index contributed by atoms with van der Waals surface area (Å²) < 4.78 is 0. The number of carbonyl (C=O) groups is 2. The molecule has 27 heavy (non-hydrogen) atoms. The van der Waals surface area contributed by atoms with Crippen molar-refractivity contribution < 1.29 is 9.59 Å². The van der Waals surface area contributed by atoms with E-state index in [-0.39, 0.29) is 17.4 Å². The largest absolute Gasteiger partial charge is 0.325 e. The Hall–Kier alpha value is -2.41. The topological polar surface area (TPSA) is 56.8 Å². The van der Waals surface area contributed by atoms with E-state index in [2.05, 4.69) is 4.98 Å². The average molecular weight is 382 g/mol. The molecule has 0 aromatic carbocycles. The van der Waals surface area contributed by atoms with Crippen molar-refractivity contribution in [3.05, 3.63) is 46.4 Å². The van der Waals surface area contributed by atoms with Gasteiger partial charge in [0.05, 0.1) is 22.4 Å². The molecule has 0 bridgehead atoms. The van der Waals surface area contributed by atoms with Gasteiger partial charge in [-0.1, -0.05) is 0 Å². The van der Waals surface area contributed by atoms with Crippen molar-refractivity contribution in [3.63, 3.8) is 0 Å². The van der Waals surface area contributed by atoms with Crippen LogP contribution in [0.1, 0.15) is 35.3 Å². The number of pyridine rings is 1. The molecule has 0 N–H and O–H groups in total. The normalized spacial score (nSPS) is 24.1. The van der Waals surface area contributed by atoms with Gasteiger partial charge in [0.15, 0.2) is 0 Å². The highest BCUT2D eigenvalue weighted by Gasteiger charge is 2.51. The van der Waals surface area contributed by atoms with Gasteiger partial charge in [0.25, 0.3) is 5.91 Å². The highest BCUT2D eigenvalue weighted by atomic mass is 32.1. The Morgan fingerprint density at radius 1 is 1.07 bits per heavy atom. The first-order valence-corrected chi connectivity index (χ1v) is 10.5. The Balaban J connectivity index is 1.44. The van der Waals surface area contributed by atoms with Gasteiger partial charge >= 0.3 is 6.03 Å². The maximum atomic E-state index is 13.1. The Labute approximate surface area is 162 Å². The summed E-state index contributed by atoms with van der Waals surface area (Å²) in [4.78, 5) is 36.3. The summed E-state index contributed by atoms with van der Waals surface area (Å²) >= 11 is 1.53. The van der Waals surface area contributed by atoms with Gasteiger partial charge in [-0.15, -0.1) is 0 Å². The lowest BCUT2D eigenvalue weighted by atomic mass is 9.85. The molecule has 2 aromatic heterocycles. The first-order valence-electron chi connectivity index (χ1n) is 9.51. The molecule has 0 radical (unpaired) electrons. The van der Waals surface area contributed by atoms with Gasteiger partial charge in [0.1, 0.15) is 0 Å². The standard InChI is InChI=1S/C20H22N4O2S/c25-18(15-5-11-27-12-15)24-14-20(17-16(24)4-3-7-21-17)6-10-23(13-20)19(26)22-8-1-2-9-22/h3-5,7,11-12H,1-2,6,8-10,13-14H2/t20-/m0/s1. The number of hydrogen-bond acceptors (Lipinski definition) is 4. The SMILES string of the molecule is O=C(N1CCCC1)N1CC[C@]2(C1)CN(C(=O)c1ccsc1)c1cccnc12. The van der Waals surface area contributed by atoms with Gasteiger partial charge in [-0.05, 0) is 42.8 Å². The van der Waals surface area contributed by atoms with Crippen molar-refractivity contribution in [2.45, 2.75) is 24.7 Å². The molecule has 1 spiro atoms. The van der Waals surface area contributed by atoms with Gasteiger partial charge in [0, 0.05) is 44.3 Å². The first kappa shape index (κ1) is 16.7. The minimum atomic E-state index is -0.252. The summed E-state index contributed by atoms with van der Waals surface area (Å²) in [6.45, 7) is 3.68. The smallest absolute Gasteiger partial charge is 0.320 e. The van der Waals surface area contributed by atoms with E-state index < -0.39 is 0 Å². The van der Waals surface area contributed by atoms with Crippen LogP contribution < -0.4 is 4.90 Å². The van der Waals surface area contributed by atoms with Crippen LogP contribution in [0.4, 0.5) is 10.5 Å². The van der Waals surface area contributed by atoms with Crippen LogP contribution in [0.3, 0.4) is 0 Å². The maximum absolute atomic E-state index is 13.1. The van der Waals surface area contributed by atoms with Gasteiger partial charge in [-0.25, -0.2) is 4.79 Å². The van der Waals surface area contributed by atoms with E-state index in [9.17, 15) is 9.59 Å². The molecule has 1 atom stereocenters. The fourth-order valence-electron chi connectivity index (χ4n) is 4.68. The molecule has 2 saturated heterocycles. The van der Waals surface area contributed by atoms with E-state index in [1.165, 1.54) is 11.3 Å². The molecule has 6 nitrogen and oxygen atoms in total. The molecule has 2 aromatic rings. The average Bonchev–Trinajstić information content (AvgIpc) is 3.49. The van der Waals surface area contributed by atoms with Gasteiger partial charge < -0.3 is 14.7 Å². The molecule has 3 aliphatic rings. The molecule has 140 valence electrons. The molecular weight excluding hydrogens is 360 g/mol. The number of hydrogen-bond donors (Lipinski definition) is 0. The summed E-state index contributed by atoms with van der Waals surface area (Å²) in [5.74, 6) is 0.0201. The Bertz CT molecular complexity index is 878. The van der Waals surface area contributed by atoms with Crippen molar-refractivity contribution in [1.29, 1.82) is 0 Å². The van der Waals surface area contributed by atoms with Crippen LogP contribution in [0.2, 0.25) is 0 Å². The number of rotatable bonds is 1. The van der Waals surface area contributed by atoms with Gasteiger partial charge in [-0.2, -0.15) is 11.3 Å². The molecule has 0 unspecified atom stereocenters. The van der Waals surface area contributed by atoms with Crippen molar-refractivity contribution in [2.24, 2.45) is 0 Å². The van der Waals surface area contributed by atoms with E-state index in [0.29, 0.717) is 13.1 Å². The number of anilines is 1. The summed E-state index contributed by atoms with van der Waals surface area (Å²) in [5, 5.41) is 3.82. The zero-order valence-electron chi connectivity index (χ0n) is 15.1. The maximum Gasteiger partial charge on any atom is 0.320 e. The number of likely N-dealkylation sites (tertiary alicyclic amines) is 2. The lowest BCUT2D eigenvalue weighted by Crippen LogP contribution is -2.44. The quantitative estimate of drug-likeness (QED) is 0.762. The second kappa shape index (κ2) is 6.34.